The van der Waals surface area contributed by atoms with Gasteiger partial charge in [0.25, 0.3) is 0 Å². The third-order valence-corrected chi connectivity index (χ3v) is 6.51. The maximum Gasteiger partial charge on any atom is 0.233 e. The largest absolute Gasteiger partial charge is 0.480 e. The van der Waals surface area contributed by atoms with Crippen LogP contribution in [0.5, 0.6) is 11.6 Å². The van der Waals surface area contributed by atoms with Gasteiger partial charge in [-0.3, -0.25) is 0 Å². The zero-order valence-corrected chi connectivity index (χ0v) is 19.9. The fourth-order valence-corrected chi connectivity index (χ4v) is 4.56. The van der Waals surface area contributed by atoms with Gasteiger partial charge in [-0.2, -0.15) is 5.10 Å². The number of hydrogen-bond acceptors (Lipinski definition) is 10. The lowest BCUT2D eigenvalue weighted by Gasteiger charge is -2.34. The van der Waals surface area contributed by atoms with Crippen LogP contribution in [0, 0.1) is 0 Å². The van der Waals surface area contributed by atoms with Crippen molar-refractivity contribution >= 4 is 5.82 Å². The van der Waals surface area contributed by atoms with E-state index >= 15 is 0 Å². The molecule has 1 saturated carbocycles. The summed E-state index contributed by atoms with van der Waals surface area (Å²) in [6, 6.07) is 12.5. The van der Waals surface area contributed by atoms with Crippen molar-refractivity contribution < 1.29 is 19.3 Å². The molecule has 2 aliphatic rings. The molecule has 10 nitrogen and oxygen atoms in total. The minimum atomic E-state index is -0.139. The van der Waals surface area contributed by atoms with Crippen LogP contribution in [-0.2, 0) is 4.74 Å². The molecule has 10 heteroatoms. The number of hydrogen-bond donors (Lipinski definition) is 2. The molecule has 1 aliphatic heterocycles. The minimum absolute atomic E-state index is 0.111. The Morgan fingerprint density at radius 3 is 2.66 bits per heavy atom. The molecule has 184 valence electrons. The molecule has 0 bridgehead atoms. The first-order chi connectivity index (χ1) is 17.1. The zero-order chi connectivity index (χ0) is 24.2. The molecule has 35 heavy (non-hydrogen) atoms. The quantitative estimate of drug-likeness (QED) is 0.444. The van der Waals surface area contributed by atoms with Gasteiger partial charge in [-0.25, -0.2) is 0 Å². The van der Waals surface area contributed by atoms with E-state index in [0.29, 0.717) is 29.4 Å². The van der Waals surface area contributed by atoms with Crippen LogP contribution >= 0.6 is 0 Å². The molecule has 2 fully saturated rings. The molecule has 1 aromatic carbocycles. The number of anilines is 1. The average Bonchev–Trinajstić information content (AvgIpc) is 3.35. The van der Waals surface area contributed by atoms with Gasteiger partial charge >= 0.3 is 0 Å². The number of methoxy groups -OCH3 is 2. The van der Waals surface area contributed by atoms with E-state index in [1.165, 1.54) is 0 Å². The third-order valence-electron chi connectivity index (χ3n) is 6.51. The van der Waals surface area contributed by atoms with E-state index in [-0.39, 0.29) is 12.9 Å². The molecule has 3 heterocycles. The Bertz CT molecular complexity index is 1140. The fourth-order valence-electron chi connectivity index (χ4n) is 4.56. The first kappa shape index (κ1) is 23.4. The lowest BCUT2D eigenvalue weighted by atomic mass is 9.89. The van der Waals surface area contributed by atoms with Gasteiger partial charge in [-0.15, -0.1) is 15.3 Å². The summed E-state index contributed by atoms with van der Waals surface area (Å²) in [5, 5.41) is 30.1. The van der Waals surface area contributed by atoms with Gasteiger partial charge in [0.05, 0.1) is 25.1 Å². The van der Waals surface area contributed by atoms with Gasteiger partial charge in [0.2, 0.25) is 5.88 Å². The van der Waals surface area contributed by atoms with Crippen molar-refractivity contribution in [1.82, 2.24) is 25.7 Å². The topological polar surface area (TPSA) is 115 Å². The second kappa shape index (κ2) is 10.5. The molecular formula is C25H30N6O4. The zero-order valence-electron chi connectivity index (χ0n) is 19.9. The Balaban J connectivity index is 1.32. The normalized spacial score (nSPS) is 21.6. The van der Waals surface area contributed by atoms with E-state index in [9.17, 15) is 5.11 Å². The minimum Gasteiger partial charge on any atom is -0.480 e. The Labute approximate surface area is 204 Å². The molecule has 2 N–H and O–H groups in total. The van der Waals surface area contributed by atoms with Crippen molar-refractivity contribution in [3.63, 3.8) is 0 Å². The second-order valence-electron chi connectivity index (χ2n) is 8.95. The van der Waals surface area contributed by atoms with Crippen LogP contribution in [0.4, 0.5) is 5.82 Å². The van der Waals surface area contributed by atoms with Gasteiger partial charge < -0.3 is 29.5 Å². The van der Waals surface area contributed by atoms with E-state index in [1.54, 1.807) is 20.4 Å². The maximum absolute atomic E-state index is 9.51. The highest BCUT2D eigenvalue weighted by Crippen LogP contribution is 2.34. The highest BCUT2D eigenvalue weighted by molar-refractivity contribution is 5.74. The van der Waals surface area contributed by atoms with Crippen molar-refractivity contribution in [1.29, 1.82) is 0 Å². The number of ether oxygens (including phenoxy) is 3. The standard InChI is InChI=1S/C25H30N6O4/c1-33-15-35-23-9-16(17-10-25(34-2)30-26-13-17)3-4-21(23)22-5-6-24(29-28-22)31-8-7-18(14-31)27-19-11-20(32)12-19/h3-6,9-10,13,18-20,27,32H,7-8,11-12,14-15H2,1-2H3/t18-,19?,20?/m0/s1. The van der Waals surface area contributed by atoms with Crippen molar-refractivity contribution in [2.75, 3.05) is 39.0 Å². The highest BCUT2D eigenvalue weighted by Gasteiger charge is 2.32. The molecule has 2 aromatic heterocycles. The van der Waals surface area contributed by atoms with Crippen LogP contribution in [0.15, 0.2) is 42.6 Å². The maximum atomic E-state index is 9.51. The number of nitrogens with one attached hydrogen (secondary N) is 1. The molecule has 0 unspecified atom stereocenters. The van der Waals surface area contributed by atoms with Gasteiger partial charge in [0.15, 0.2) is 12.6 Å². The van der Waals surface area contributed by atoms with Crippen molar-refractivity contribution in [3.8, 4) is 34.0 Å². The van der Waals surface area contributed by atoms with Crippen LogP contribution in [0.25, 0.3) is 22.4 Å². The number of aliphatic hydroxyl groups is 1. The number of aliphatic hydroxyl groups excluding tert-OH is 1. The lowest BCUT2D eigenvalue weighted by Crippen LogP contribution is -2.49. The summed E-state index contributed by atoms with van der Waals surface area (Å²) in [6.45, 7) is 1.93. The van der Waals surface area contributed by atoms with Crippen molar-refractivity contribution in [2.24, 2.45) is 0 Å². The Morgan fingerprint density at radius 2 is 1.91 bits per heavy atom. The molecule has 0 radical (unpaired) electrons. The average molecular weight is 479 g/mol. The number of benzene rings is 1. The van der Waals surface area contributed by atoms with Gasteiger partial charge in [-0.1, -0.05) is 6.07 Å². The summed E-state index contributed by atoms with van der Waals surface area (Å²) in [5.41, 5.74) is 3.31. The first-order valence-electron chi connectivity index (χ1n) is 11.8. The van der Waals surface area contributed by atoms with E-state index in [0.717, 1.165) is 54.9 Å². The molecule has 1 aliphatic carbocycles. The summed E-state index contributed by atoms with van der Waals surface area (Å²) < 4.78 is 16.2. The van der Waals surface area contributed by atoms with E-state index in [4.69, 9.17) is 14.2 Å². The summed E-state index contributed by atoms with van der Waals surface area (Å²) >= 11 is 0. The van der Waals surface area contributed by atoms with Gasteiger partial charge in [-0.05, 0) is 49.1 Å². The lowest BCUT2D eigenvalue weighted by molar-refractivity contribution is 0.0515. The summed E-state index contributed by atoms with van der Waals surface area (Å²) in [7, 11) is 3.14. The van der Waals surface area contributed by atoms with Gasteiger partial charge in [0.1, 0.15) is 5.75 Å². The van der Waals surface area contributed by atoms with E-state index in [1.807, 2.05) is 36.4 Å². The summed E-state index contributed by atoms with van der Waals surface area (Å²) in [6.07, 6.45) is 4.29. The van der Waals surface area contributed by atoms with Crippen LogP contribution in [0.1, 0.15) is 19.3 Å². The second-order valence-corrected chi connectivity index (χ2v) is 8.95. The van der Waals surface area contributed by atoms with Crippen LogP contribution in [0.3, 0.4) is 0 Å². The first-order valence-corrected chi connectivity index (χ1v) is 11.8. The Hall–Kier alpha value is -3.34. The summed E-state index contributed by atoms with van der Waals surface area (Å²) in [4.78, 5) is 2.25. The molecule has 1 saturated heterocycles. The fraction of sp³-hybridized carbons (Fsp3) is 0.440. The van der Waals surface area contributed by atoms with E-state index < -0.39 is 0 Å². The smallest absolute Gasteiger partial charge is 0.233 e. The van der Waals surface area contributed by atoms with Crippen LogP contribution < -0.4 is 19.7 Å². The molecule has 0 amide bonds. The van der Waals surface area contributed by atoms with Crippen LogP contribution in [0.2, 0.25) is 0 Å². The molecular weight excluding hydrogens is 448 g/mol. The van der Waals surface area contributed by atoms with Crippen molar-refractivity contribution in [3.05, 3.63) is 42.6 Å². The molecule has 5 rings (SSSR count). The Kier molecular flexibility index (Phi) is 7.03. The highest BCUT2D eigenvalue weighted by atomic mass is 16.7. The number of nitrogens with zero attached hydrogens (tertiary/aromatic N) is 5. The van der Waals surface area contributed by atoms with E-state index in [2.05, 4.69) is 30.6 Å². The predicted molar refractivity (Wildman–Crippen MR) is 130 cm³/mol. The Morgan fingerprint density at radius 1 is 1.03 bits per heavy atom. The summed E-state index contributed by atoms with van der Waals surface area (Å²) in [5.74, 6) is 1.94. The molecule has 0 spiro atoms. The van der Waals surface area contributed by atoms with Gasteiger partial charge in [0, 0.05) is 49.5 Å². The molecule has 1 atom stereocenters. The van der Waals surface area contributed by atoms with Crippen molar-refractivity contribution in [2.45, 2.75) is 37.5 Å². The number of rotatable bonds is 9. The third kappa shape index (κ3) is 5.34. The predicted octanol–water partition coefficient (Wildman–Crippen LogP) is 2.28. The SMILES string of the molecule is COCOc1cc(-c2cnnc(OC)c2)ccc1-c1ccc(N2CC[C@H](NC3CC(O)C3)C2)nn1. The monoisotopic (exact) mass is 478 g/mol. The van der Waals surface area contributed by atoms with Crippen LogP contribution in [-0.4, -0.2) is 77.8 Å². The number of aromatic nitrogens is 4. The molecule has 3 aromatic rings.